The lowest BCUT2D eigenvalue weighted by Crippen LogP contribution is -2.30. The molecule has 1 aromatic rings. The summed E-state index contributed by atoms with van der Waals surface area (Å²) in [5.41, 5.74) is 8.63. The maximum Gasteiger partial charge on any atom is 0.125 e. The number of nitrogens with zero attached hydrogens (tertiary/aromatic N) is 2. The zero-order chi connectivity index (χ0) is 11.1. The number of nitrogens with two attached hydrogens (primary N) is 1. The van der Waals surface area contributed by atoms with E-state index < -0.39 is 0 Å². The van der Waals surface area contributed by atoms with Gasteiger partial charge < -0.3 is 5.73 Å². The molecule has 1 aromatic heterocycles. The second-order valence-electron chi connectivity index (χ2n) is 5.31. The van der Waals surface area contributed by atoms with Crippen molar-refractivity contribution in [2.45, 2.75) is 39.5 Å². The van der Waals surface area contributed by atoms with Crippen molar-refractivity contribution in [2.75, 3.05) is 6.54 Å². The van der Waals surface area contributed by atoms with Crippen LogP contribution in [0.15, 0.2) is 6.20 Å². The van der Waals surface area contributed by atoms with Gasteiger partial charge >= 0.3 is 0 Å². The van der Waals surface area contributed by atoms with Gasteiger partial charge in [-0.15, -0.1) is 0 Å². The summed E-state index contributed by atoms with van der Waals surface area (Å²) in [5, 5.41) is 0. The SMILES string of the molecule is Cc1ncc2c(n1)C(CN)CC(C)(C)C2. The van der Waals surface area contributed by atoms with Gasteiger partial charge in [-0.2, -0.15) is 0 Å². The van der Waals surface area contributed by atoms with Crippen molar-refractivity contribution in [1.29, 1.82) is 0 Å². The monoisotopic (exact) mass is 205 g/mol. The van der Waals surface area contributed by atoms with Gasteiger partial charge in [-0.25, -0.2) is 9.97 Å². The normalized spacial score (nSPS) is 23.6. The first-order chi connectivity index (χ1) is 7.02. The molecule has 1 heterocycles. The third kappa shape index (κ3) is 2.02. The van der Waals surface area contributed by atoms with Gasteiger partial charge in [-0.05, 0) is 30.7 Å². The molecule has 0 fully saturated rings. The molecule has 82 valence electrons. The van der Waals surface area contributed by atoms with Gasteiger partial charge in [-0.1, -0.05) is 13.8 Å². The maximum atomic E-state index is 5.83. The molecule has 0 aromatic carbocycles. The molecule has 2 N–H and O–H groups in total. The van der Waals surface area contributed by atoms with E-state index in [1.165, 1.54) is 11.3 Å². The summed E-state index contributed by atoms with van der Waals surface area (Å²) in [7, 11) is 0. The van der Waals surface area contributed by atoms with Crippen LogP contribution in [0.4, 0.5) is 0 Å². The summed E-state index contributed by atoms with van der Waals surface area (Å²) in [4.78, 5) is 8.82. The lowest BCUT2D eigenvalue weighted by molar-refractivity contribution is 0.277. The van der Waals surface area contributed by atoms with E-state index in [0.717, 1.165) is 18.7 Å². The Kier molecular flexibility index (Phi) is 2.51. The Labute approximate surface area is 91.1 Å². The first kappa shape index (κ1) is 10.6. The molecule has 0 amide bonds. The molecule has 0 saturated heterocycles. The lowest BCUT2D eigenvalue weighted by Gasteiger charge is -2.35. The lowest BCUT2D eigenvalue weighted by atomic mass is 9.71. The molecule has 0 spiro atoms. The van der Waals surface area contributed by atoms with Gasteiger partial charge in [0.1, 0.15) is 5.82 Å². The first-order valence-electron chi connectivity index (χ1n) is 5.54. The minimum absolute atomic E-state index is 0.329. The van der Waals surface area contributed by atoms with Crippen molar-refractivity contribution in [2.24, 2.45) is 11.1 Å². The smallest absolute Gasteiger partial charge is 0.125 e. The molecular formula is C12H19N3. The number of aryl methyl sites for hydroxylation is 1. The van der Waals surface area contributed by atoms with Crippen LogP contribution in [0, 0.1) is 12.3 Å². The van der Waals surface area contributed by atoms with Crippen LogP contribution in [-0.4, -0.2) is 16.5 Å². The molecule has 0 aliphatic heterocycles. The fraction of sp³-hybridized carbons (Fsp3) is 0.667. The Balaban J connectivity index is 2.44. The van der Waals surface area contributed by atoms with Gasteiger partial charge in [0.15, 0.2) is 0 Å². The predicted molar refractivity (Wildman–Crippen MR) is 60.7 cm³/mol. The minimum atomic E-state index is 0.329. The molecule has 1 atom stereocenters. The highest BCUT2D eigenvalue weighted by molar-refractivity contribution is 5.27. The molecule has 15 heavy (non-hydrogen) atoms. The second kappa shape index (κ2) is 3.56. The summed E-state index contributed by atoms with van der Waals surface area (Å²) in [6.45, 7) is 7.21. The molecular weight excluding hydrogens is 186 g/mol. The Morgan fingerprint density at radius 1 is 1.53 bits per heavy atom. The Bertz CT molecular complexity index is 371. The summed E-state index contributed by atoms with van der Waals surface area (Å²) in [6.07, 6.45) is 4.17. The standard InChI is InChI=1S/C12H19N3/c1-8-14-7-10-5-12(2,3)4-9(6-13)11(10)15-8/h7,9H,4-6,13H2,1-3H3. The summed E-state index contributed by atoms with van der Waals surface area (Å²) in [6, 6.07) is 0. The third-order valence-corrected chi connectivity index (χ3v) is 3.16. The second-order valence-corrected chi connectivity index (χ2v) is 5.31. The highest BCUT2D eigenvalue weighted by Gasteiger charge is 2.32. The van der Waals surface area contributed by atoms with E-state index in [9.17, 15) is 0 Å². The fourth-order valence-corrected chi connectivity index (χ4v) is 2.55. The van der Waals surface area contributed by atoms with E-state index in [1.54, 1.807) is 0 Å². The molecule has 1 aliphatic carbocycles. The van der Waals surface area contributed by atoms with Gasteiger partial charge in [-0.3, -0.25) is 0 Å². The van der Waals surface area contributed by atoms with Crippen LogP contribution in [-0.2, 0) is 6.42 Å². The van der Waals surface area contributed by atoms with E-state index in [0.29, 0.717) is 17.9 Å². The van der Waals surface area contributed by atoms with Crippen LogP contribution in [0.2, 0.25) is 0 Å². The average molecular weight is 205 g/mol. The van der Waals surface area contributed by atoms with Gasteiger partial charge in [0.05, 0.1) is 5.69 Å². The minimum Gasteiger partial charge on any atom is -0.330 e. The van der Waals surface area contributed by atoms with E-state index in [2.05, 4.69) is 23.8 Å². The van der Waals surface area contributed by atoms with Gasteiger partial charge in [0.25, 0.3) is 0 Å². The quantitative estimate of drug-likeness (QED) is 0.760. The zero-order valence-electron chi connectivity index (χ0n) is 9.75. The highest BCUT2D eigenvalue weighted by atomic mass is 14.9. The average Bonchev–Trinajstić information content (AvgIpc) is 2.16. The molecule has 3 heteroatoms. The van der Waals surface area contributed by atoms with Crippen LogP contribution in [0.5, 0.6) is 0 Å². The van der Waals surface area contributed by atoms with E-state index in [4.69, 9.17) is 5.73 Å². The van der Waals surface area contributed by atoms with Crippen molar-refractivity contribution in [3.05, 3.63) is 23.3 Å². The molecule has 3 nitrogen and oxygen atoms in total. The number of aromatic nitrogens is 2. The summed E-state index contributed by atoms with van der Waals surface area (Å²) in [5.74, 6) is 1.26. The van der Waals surface area contributed by atoms with Crippen molar-refractivity contribution in [3.8, 4) is 0 Å². The van der Waals surface area contributed by atoms with Crippen molar-refractivity contribution >= 4 is 0 Å². The molecule has 0 radical (unpaired) electrons. The fourth-order valence-electron chi connectivity index (χ4n) is 2.55. The van der Waals surface area contributed by atoms with Crippen LogP contribution in [0.3, 0.4) is 0 Å². The number of fused-ring (bicyclic) bond motifs is 1. The Hall–Kier alpha value is -0.960. The van der Waals surface area contributed by atoms with Crippen LogP contribution in [0.1, 0.15) is 43.3 Å². The molecule has 0 bridgehead atoms. The molecule has 1 unspecified atom stereocenters. The molecule has 1 aliphatic rings. The van der Waals surface area contributed by atoms with Gasteiger partial charge in [0.2, 0.25) is 0 Å². The van der Waals surface area contributed by atoms with Crippen LogP contribution >= 0.6 is 0 Å². The Morgan fingerprint density at radius 2 is 2.27 bits per heavy atom. The van der Waals surface area contributed by atoms with Crippen molar-refractivity contribution in [3.63, 3.8) is 0 Å². The first-order valence-corrected chi connectivity index (χ1v) is 5.54. The van der Waals surface area contributed by atoms with Gasteiger partial charge in [0, 0.05) is 18.7 Å². The topological polar surface area (TPSA) is 51.8 Å². The van der Waals surface area contributed by atoms with Crippen LogP contribution in [0.25, 0.3) is 0 Å². The Morgan fingerprint density at radius 3 is 2.93 bits per heavy atom. The molecule has 0 saturated carbocycles. The van der Waals surface area contributed by atoms with Crippen molar-refractivity contribution in [1.82, 2.24) is 9.97 Å². The predicted octanol–water partition coefficient (Wildman–Crippen LogP) is 1.80. The van der Waals surface area contributed by atoms with E-state index >= 15 is 0 Å². The van der Waals surface area contributed by atoms with E-state index in [-0.39, 0.29) is 0 Å². The largest absolute Gasteiger partial charge is 0.330 e. The number of rotatable bonds is 1. The maximum absolute atomic E-state index is 5.83. The van der Waals surface area contributed by atoms with Crippen LogP contribution < -0.4 is 5.73 Å². The zero-order valence-corrected chi connectivity index (χ0v) is 9.75. The van der Waals surface area contributed by atoms with Crippen molar-refractivity contribution < 1.29 is 0 Å². The molecule has 2 rings (SSSR count). The highest BCUT2D eigenvalue weighted by Crippen LogP contribution is 2.40. The summed E-state index contributed by atoms with van der Waals surface area (Å²) >= 11 is 0. The number of hydrogen-bond acceptors (Lipinski definition) is 3. The summed E-state index contributed by atoms with van der Waals surface area (Å²) < 4.78 is 0. The number of hydrogen-bond donors (Lipinski definition) is 1. The third-order valence-electron chi connectivity index (χ3n) is 3.16. The van der Waals surface area contributed by atoms with E-state index in [1.807, 2.05) is 13.1 Å².